The van der Waals surface area contributed by atoms with Gasteiger partial charge in [0.1, 0.15) is 40.4 Å². The van der Waals surface area contributed by atoms with Crippen molar-refractivity contribution in [2.24, 2.45) is 0 Å². The number of hydrogen-bond acceptors (Lipinski definition) is 13. The fourth-order valence-corrected chi connectivity index (χ4v) is 11.4. The number of benzene rings is 4. The Labute approximate surface area is 501 Å². The molecule has 4 aromatic heterocycles. The number of halogens is 4. The summed E-state index contributed by atoms with van der Waals surface area (Å²) in [5.41, 5.74) is 0.576. The van der Waals surface area contributed by atoms with Gasteiger partial charge in [0.05, 0.1) is 54.7 Å². The largest absolute Gasteiger partial charge is 0.507 e. The first-order valence-electron chi connectivity index (χ1n) is 27.8. The molecule has 2 saturated heterocycles. The van der Waals surface area contributed by atoms with Gasteiger partial charge in [-0.2, -0.15) is 9.97 Å². The fraction of sp³-hybridized carbons (Fsp3) is 0.344. The number of piperazine rings is 2. The molecule has 6 heterocycles. The van der Waals surface area contributed by atoms with Crippen LogP contribution in [0, 0.1) is 11.6 Å². The van der Waals surface area contributed by atoms with Crippen LogP contribution in [0.1, 0.15) is 87.3 Å². The molecule has 0 saturated carbocycles. The second kappa shape index (κ2) is 23.6. The van der Waals surface area contributed by atoms with Crippen molar-refractivity contribution in [1.82, 2.24) is 38.9 Å². The highest BCUT2D eigenvalue weighted by atomic mass is 35.5. The maximum atomic E-state index is 15.1. The first-order valence-corrected chi connectivity index (χ1v) is 28.6. The molecule has 444 valence electrons. The molecule has 4 aromatic carbocycles. The van der Waals surface area contributed by atoms with E-state index in [9.17, 15) is 29.4 Å². The summed E-state index contributed by atoms with van der Waals surface area (Å²) in [5.74, 6) is -1.51. The van der Waals surface area contributed by atoms with Crippen LogP contribution in [-0.2, 0) is 20.4 Å². The molecule has 2 amide bonds. The zero-order valence-electron chi connectivity index (χ0n) is 49.3. The molecule has 2 atom stereocenters. The van der Waals surface area contributed by atoms with E-state index >= 15 is 8.78 Å². The predicted molar refractivity (Wildman–Crippen MR) is 330 cm³/mol. The average Bonchev–Trinajstić information content (AvgIpc) is 2.00. The van der Waals surface area contributed by atoms with Gasteiger partial charge < -0.3 is 34.5 Å². The normalized spacial score (nSPS) is 15.9. The van der Waals surface area contributed by atoms with Crippen molar-refractivity contribution in [3.05, 3.63) is 163 Å². The number of phenolic OH excluding ortho intramolecular Hbond substituents is 2. The zero-order valence-corrected chi connectivity index (χ0v) is 50.9. The minimum absolute atomic E-state index is 0.00255. The summed E-state index contributed by atoms with van der Waals surface area (Å²) in [6.45, 7) is 27.5. The molecule has 0 bridgehead atoms. The van der Waals surface area contributed by atoms with Crippen LogP contribution in [0.25, 0.3) is 56.0 Å². The SMILES string of the molecule is C=CC(=O)N1CCN(c2nc(=O)n(-c3ccccc3C(C)(C)C)c3nc(-c4c(O)cccc4F)c(Cl)cc23)[C@@H](C)C1.C[C@H]1CN(C(=O)OC(C)(C)C)CCN1c1nc(=O)n(-c2ccccc2C(C)(C)C)c2nc(-c3c(O)cccc3F)c(Cl)cc12. The lowest BCUT2D eigenvalue weighted by Crippen LogP contribution is -2.55. The Morgan fingerprint density at radius 3 is 1.38 bits per heavy atom. The third-order valence-corrected chi connectivity index (χ3v) is 15.5. The summed E-state index contributed by atoms with van der Waals surface area (Å²) in [6, 6.07) is 25.7. The van der Waals surface area contributed by atoms with Gasteiger partial charge >= 0.3 is 17.5 Å². The molecule has 21 heteroatoms. The van der Waals surface area contributed by atoms with Gasteiger partial charge in [-0.05, 0) is 111 Å². The number of carbonyl (C=O) groups excluding carboxylic acids is 2. The second-order valence-corrected chi connectivity index (χ2v) is 25.1. The summed E-state index contributed by atoms with van der Waals surface area (Å²) in [7, 11) is 0. The van der Waals surface area contributed by atoms with E-state index in [4.69, 9.17) is 37.9 Å². The second-order valence-electron chi connectivity index (χ2n) is 24.3. The molecular weight excluding hydrogens is 1130 g/mol. The minimum atomic E-state index is -0.705. The lowest BCUT2D eigenvalue weighted by Gasteiger charge is -2.41. The fourth-order valence-electron chi connectivity index (χ4n) is 10.9. The third-order valence-electron chi connectivity index (χ3n) is 14.9. The van der Waals surface area contributed by atoms with Gasteiger partial charge in [0.15, 0.2) is 11.3 Å². The van der Waals surface area contributed by atoms with E-state index in [0.29, 0.717) is 73.1 Å². The molecule has 0 radical (unpaired) electrons. The molecule has 2 aliphatic heterocycles. The van der Waals surface area contributed by atoms with Crippen LogP contribution in [0.2, 0.25) is 10.0 Å². The lowest BCUT2D eigenvalue weighted by atomic mass is 9.85. The Balaban J connectivity index is 0.000000204. The third kappa shape index (κ3) is 12.3. The standard InChI is InChI=1S/C33H37ClFN5O4.C31H31ClFN5O3/c1-19-18-38(31(43)44-33(5,6)7)15-16-39(19)28-20-17-22(34)27(26-23(35)12-10-14-25(26)41)36-29(20)40(30(42)37-28)24-13-9-8-11-21(24)32(2,3)4;1-6-25(40)36-14-15-37(18(2)17-36)28-19-16-21(32)27(26-22(33)11-9-13-24(26)39)34-29(19)38(30(41)35-28)23-12-8-7-10-20(23)31(3,4)5/h8-14,17,19,41H,15-16,18H2,1-7H3;6-13,16,18,39H,1,14-15,17H2,2-5H3/t19-;18-/m00/s1. The van der Waals surface area contributed by atoms with E-state index in [0.717, 1.165) is 11.1 Å². The number of rotatable bonds is 7. The van der Waals surface area contributed by atoms with Crippen LogP contribution in [0.3, 0.4) is 0 Å². The van der Waals surface area contributed by atoms with Gasteiger partial charge in [-0.1, -0.05) is 120 Å². The van der Waals surface area contributed by atoms with Gasteiger partial charge in [0.2, 0.25) is 5.91 Å². The van der Waals surface area contributed by atoms with Crippen LogP contribution in [-0.4, -0.2) is 118 Å². The Morgan fingerprint density at radius 2 is 1.00 bits per heavy atom. The number of nitrogens with zero attached hydrogens (tertiary/aromatic N) is 10. The molecule has 8 aromatic rings. The molecule has 2 N–H and O–H groups in total. The van der Waals surface area contributed by atoms with E-state index in [2.05, 4.69) is 16.5 Å². The molecule has 0 unspecified atom stereocenters. The number of fused-ring (bicyclic) bond motifs is 2. The maximum absolute atomic E-state index is 15.1. The summed E-state index contributed by atoms with van der Waals surface area (Å²) in [4.78, 5) is 78.8. The molecule has 2 aliphatic rings. The van der Waals surface area contributed by atoms with Gasteiger partial charge in [-0.25, -0.2) is 42.3 Å². The van der Waals surface area contributed by atoms with Crippen molar-refractivity contribution >= 4 is 68.9 Å². The van der Waals surface area contributed by atoms with E-state index < -0.39 is 34.7 Å². The topological polar surface area (TPSA) is 192 Å². The molecule has 0 aliphatic carbocycles. The quantitative estimate of drug-likeness (QED) is 0.143. The van der Waals surface area contributed by atoms with Crippen molar-refractivity contribution in [1.29, 1.82) is 0 Å². The van der Waals surface area contributed by atoms with Gasteiger partial charge in [-0.15, -0.1) is 0 Å². The number of para-hydroxylation sites is 2. The summed E-state index contributed by atoms with van der Waals surface area (Å²) < 4.78 is 38.5. The molecule has 17 nitrogen and oxygen atoms in total. The van der Waals surface area contributed by atoms with E-state index in [1.54, 1.807) is 21.9 Å². The number of hydrogen-bond donors (Lipinski definition) is 2. The van der Waals surface area contributed by atoms with Crippen molar-refractivity contribution in [3.8, 4) is 45.4 Å². The van der Waals surface area contributed by atoms with Crippen molar-refractivity contribution < 1.29 is 33.3 Å². The highest BCUT2D eigenvalue weighted by molar-refractivity contribution is 6.34. The summed E-state index contributed by atoms with van der Waals surface area (Å²) >= 11 is 13.5. The van der Waals surface area contributed by atoms with Crippen LogP contribution in [0.4, 0.5) is 25.2 Å². The van der Waals surface area contributed by atoms with Gasteiger partial charge in [0, 0.05) is 51.4 Å². The Hall–Kier alpha value is -8.42. The van der Waals surface area contributed by atoms with Crippen LogP contribution >= 0.6 is 23.2 Å². The lowest BCUT2D eigenvalue weighted by molar-refractivity contribution is -0.126. The highest BCUT2D eigenvalue weighted by Crippen LogP contribution is 2.42. The van der Waals surface area contributed by atoms with Crippen LogP contribution in [0.5, 0.6) is 11.5 Å². The van der Waals surface area contributed by atoms with Gasteiger partial charge in [-0.3, -0.25) is 4.79 Å². The average molecular weight is 1200 g/mol. The number of ether oxygens (including phenoxy) is 1. The van der Waals surface area contributed by atoms with E-state index in [1.165, 1.54) is 51.6 Å². The smallest absolute Gasteiger partial charge is 0.410 e. The Bertz CT molecular complexity index is 4040. The Kier molecular flexibility index (Phi) is 16.9. The van der Waals surface area contributed by atoms with Gasteiger partial charge in [0.25, 0.3) is 0 Å². The Morgan fingerprint density at radius 1 is 0.600 bits per heavy atom. The molecular formula is C64H68Cl2F2N10O7. The maximum Gasteiger partial charge on any atom is 0.410 e. The van der Waals surface area contributed by atoms with Crippen LogP contribution < -0.4 is 21.2 Å². The first kappa shape index (κ1) is 61.1. The summed E-state index contributed by atoms with van der Waals surface area (Å²) in [6.07, 6.45) is 0.878. The molecule has 2 fully saturated rings. The zero-order chi connectivity index (χ0) is 61.8. The summed E-state index contributed by atoms with van der Waals surface area (Å²) in [5, 5.41) is 22.3. The van der Waals surface area contributed by atoms with E-state index in [1.807, 2.05) is 134 Å². The number of phenols is 2. The molecule has 0 spiro atoms. The monoisotopic (exact) mass is 1200 g/mol. The highest BCUT2D eigenvalue weighted by Gasteiger charge is 2.35. The number of anilines is 2. The van der Waals surface area contributed by atoms with Crippen molar-refractivity contribution in [2.75, 3.05) is 49.1 Å². The minimum Gasteiger partial charge on any atom is -0.507 e. The number of pyridine rings is 2. The first-order chi connectivity index (χ1) is 40.0. The molecule has 85 heavy (non-hydrogen) atoms. The molecule has 10 rings (SSSR count). The number of amides is 2. The van der Waals surface area contributed by atoms with E-state index in [-0.39, 0.29) is 84.2 Å². The number of carbonyl (C=O) groups is 2. The van der Waals surface area contributed by atoms with Crippen molar-refractivity contribution in [2.45, 2.75) is 105 Å². The predicted octanol–water partition coefficient (Wildman–Crippen LogP) is 12.2. The number of aromatic hydroxyl groups is 2. The number of aromatic nitrogens is 6. The van der Waals surface area contributed by atoms with Crippen LogP contribution in [0.15, 0.2) is 119 Å². The van der Waals surface area contributed by atoms with Crippen molar-refractivity contribution in [3.63, 3.8) is 0 Å².